The van der Waals surface area contributed by atoms with Crippen molar-refractivity contribution in [2.75, 3.05) is 18.2 Å². The minimum Gasteiger partial charge on any atom is -0.497 e. The molecule has 0 saturated heterocycles. The van der Waals surface area contributed by atoms with Gasteiger partial charge in [0.15, 0.2) is 11.0 Å². The summed E-state index contributed by atoms with van der Waals surface area (Å²) in [5.41, 5.74) is 4.07. The number of methoxy groups -OCH3 is 1. The van der Waals surface area contributed by atoms with Crippen LogP contribution in [0.15, 0.2) is 78.0 Å². The van der Waals surface area contributed by atoms with Crippen molar-refractivity contribution in [1.82, 2.24) is 14.8 Å². The molecule has 3 aromatic carbocycles. The van der Waals surface area contributed by atoms with E-state index in [-0.39, 0.29) is 18.3 Å². The SMILES string of the molecule is CC[C@@H](C)c1ccc(NC(=O)CSc2nnc(COc3ccc(C)cc3)n2-c2ccc(OC)cc2)cc1. The van der Waals surface area contributed by atoms with Gasteiger partial charge in [-0.15, -0.1) is 10.2 Å². The van der Waals surface area contributed by atoms with Crippen LogP contribution in [0.25, 0.3) is 5.69 Å². The molecule has 0 saturated carbocycles. The van der Waals surface area contributed by atoms with Gasteiger partial charge >= 0.3 is 0 Å². The third kappa shape index (κ3) is 6.92. The van der Waals surface area contributed by atoms with Gasteiger partial charge in [0.25, 0.3) is 0 Å². The van der Waals surface area contributed by atoms with Crippen LogP contribution in [0.3, 0.4) is 0 Å². The Balaban J connectivity index is 1.47. The summed E-state index contributed by atoms with van der Waals surface area (Å²) in [6.45, 7) is 6.63. The molecule has 192 valence electrons. The molecule has 1 heterocycles. The lowest BCUT2D eigenvalue weighted by atomic mass is 9.99. The third-order valence-corrected chi connectivity index (χ3v) is 7.06. The molecule has 7 nitrogen and oxygen atoms in total. The Morgan fingerprint density at radius 2 is 1.65 bits per heavy atom. The second-order valence-corrected chi connectivity index (χ2v) is 9.74. The van der Waals surface area contributed by atoms with Crippen molar-refractivity contribution in [2.24, 2.45) is 0 Å². The number of carbonyl (C=O) groups is 1. The Morgan fingerprint density at radius 3 is 2.30 bits per heavy atom. The summed E-state index contributed by atoms with van der Waals surface area (Å²) in [5.74, 6) is 2.72. The van der Waals surface area contributed by atoms with Crippen LogP contribution in [0.1, 0.15) is 43.1 Å². The molecule has 1 N–H and O–H groups in total. The van der Waals surface area contributed by atoms with E-state index in [4.69, 9.17) is 9.47 Å². The van der Waals surface area contributed by atoms with Gasteiger partial charge in [-0.1, -0.05) is 55.4 Å². The summed E-state index contributed by atoms with van der Waals surface area (Å²) in [6.07, 6.45) is 1.08. The largest absolute Gasteiger partial charge is 0.497 e. The maximum Gasteiger partial charge on any atom is 0.234 e. The summed E-state index contributed by atoms with van der Waals surface area (Å²) < 4.78 is 13.2. The normalized spacial score (nSPS) is 11.7. The minimum absolute atomic E-state index is 0.108. The number of aryl methyl sites for hydroxylation is 1. The van der Waals surface area contributed by atoms with Crippen LogP contribution in [-0.4, -0.2) is 33.5 Å². The average Bonchev–Trinajstić information content (AvgIpc) is 3.34. The zero-order valence-electron chi connectivity index (χ0n) is 21.6. The predicted octanol–water partition coefficient (Wildman–Crippen LogP) is 6.41. The standard InChI is InChI=1S/C29H32N4O3S/c1-5-21(3)22-8-10-23(11-9-22)30-28(34)19-37-29-32-31-27(18-36-26-14-6-20(2)7-15-26)33(29)24-12-16-25(35-4)17-13-24/h6-17,21H,5,18-19H2,1-4H3,(H,30,34)/t21-/m1/s1. The van der Waals surface area contributed by atoms with Crippen molar-refractivity contribution in [3.63, 3.8) is 0 Å². The third-order valence-electron chi connectivity index (χ3n) is 6.13. The molecule has 0 aliphatic rings. The highest BCUT2D eigenvalue weighted by molar-refractivity contribution is 7.99. The first-order valence-electron chi connectivity index (χ1n) is 12.3. The van der Waals surface area contributed by atoms with Crippen molar-refractivity contribution in [2.45, 2.75) is 44.9 Å². The lowest BCUT2D eigenvalue weighted by Crippen LogP contribution is -2.15. The fourth-order valence-electron chi connectivity index (χ4n) is 3.72. The van der Waals surface area contributed by atoms with Crippen molar-refractivity contribution >= 4 is 23.4 Å². The van der Waals surface area contributed by atoms with Gasteiger partial charge in [-0.3, -0.25) is 9.36 Å². The van der Waals surface area contributed by atoms with E-state index in [0.717, 1.165) is 34.9 Å². The maximum absolute atomic E-state index is 12.7. The molecule has 1 amide bonds. The first-order valence-corrected chi connectivity index (χ1v) is 13.3. The first kappa shape index (κ1) is 26.3. The van der Waals surface area contributed by atoms with E-state index in [1.54, 1.807) is 7.11 Å². The topological polar surface area (TPSA) is 78.3 Å². The van der Waals surface area contributed by atoms with Gasteiger partial charge in [-0.25, -0.2) is 0 Å². The Kier molecular flexibility index (Phi) is 8.85. The van der Waals surface area contributed by atoms with E-state index >= 15 is 0 Å². The van der Waals surface area contributed by atoms with E-state index in [9.17, 15) is 4.79 Å². The molecule has 37 heavy (non-hydrogen) atoms. The number of hydrogen-bond donors (Lipinski definition) is 1. The number of anilines is 1. The smallest absolute Gasteiger partial charge is 0.234 e. The summed E-state index contributed by atoms with van der Waals surface area (Å²) in [6, 6.07) is 23.5. The lowest BCUT2D eigenvalue weighted by Gasteiger charge is -2.12. The molecule has 8 heteroatoms. The lowest BCUT2D eigenvalue weighted by molar-refractivity contribution is -0.113. The number of amides is 1. The summed E-state index contributed by atoms with van der Waals surface area (Å²) in [5, 5.41) is 12.3. The van der Waals surface area contributed by atoms with E-state index < -0.39 is 0 Å². The van der Waals surface area contributed by atoms with Gasteiger partial charge in [0.2, 0.25) is 5.91 Å². The Labute approximate surface area is 222 Å². The zero-order chi connectivity index (χ0) is 26.2. The fourth-order valence-corrected chi connectivity index (χ4v) is 4.49. The van der Waals surface area contributed by atoms with E-state index in [1.807, 2.05) is 72.2 Å². The highest BCUT2D eigenvalue weighted by Crippen LogP contribution is 2.26. The van der Waals surface area contributed by atoms with Gasteiger partial charge in [0.05, 0.1) is 12.9 Å². The number of rotatable bonds is 11. The van der Waals surface area contributed by atoms with Crippen molar-refractivity contribution < 1.29 is 14.3 Å². The molecule has 1 aromatic heterocycles. The number of carbonyl (C=O) groups excluding carboxylic acids is 1. The Hall–Kier alpha value is -3.78. The molecule has 0 aliphatic heterocycles. The summed E-state index contributed by atoms with van der Waals surface area (Å²) >= 11 is 1.33. The number of benzene rings is 3. The van der Waals surface area contributed by atoms with Crippen molar-refractivity contribution in [3.05, 3.63) is 89.7 Å². The molecule has 4 rings (SSSR count). The van der Waals surface area contributed by atoms with Crippen LogP contribution in [0.4, 0.5) is 5.69 Å². The zero-order valence-corrected chi connectivity index (χ0v) is 22.4. The first-order chi connectivity index (χ1) is 18.0. The number of aromatic nitrogens is 3. The van der Waals surface area contributed by atoms with Crippen LogP contribution in [0.2, 0.25) is 0 Å². The molecule has 0 radical (unpaired) electrons. The molecule has 4 aromatic rings. The monoisotopic (exact) mass is 516 g/mol. The van der Waals surface area contributed by atoms with Gasteiger partial charge in [0.1, 0.15) is 18.1 Å². The number of nitrogens with one attached hydrogen (secondary N) is 1. The highest BCUT2D eigenvalue weighted by atomic mass is 32.2. The number of nitrogens with zero attached hydrogens (tertiary/aromatic N) is 3. The number of thioether (sulfide) groups is 1. The molecular weight excluding hydrogens is 484 g/mol. The molecule has 0 fully saturated rings. The molecule has 0 spiro atoms. The summed E-state index contributed by atoms with van der Waals surface area (Å²) in [7, 11) is 1.63. The Bertz CT molecular complexity index is 1300. The average molecular weight is 517 g/mol. The molecule has 0 unspecified atom stereocenters. The van der Waals surface area contributed by atoms with Crippen molar-refractivity contribution in [1.29, 1.82) is 0 Å². The second-order valence-electron chi connectivity index (χ2n) is 8.80. The van der Waals surface area contributed by atoms with E-state index in [0.29, 0.717) is 16.9 Å². The second kappa shape index (κ2) is 12.5. The van der Waals surface area contributed by atoms with Gasteiger partial charge in [-0.2, -0.15) is 0 Å². The highest BCUT2D eigenvalue weighted by Gasteiger charge is 2.17. The quantitative estimate of drug-likeness (QED) is 0.232. The summed E-state index contributed by atoms with van der Waals surface area (Å²) in [4.78, 5) is 12.7. The van der Waals surface area contributed by atoms with Gasteiger partial charge in [-0.05, 0) is 73.4 Å². The maximum atomic E-state index is 12.7. The predicted molar refractivity (Wildman–Crippen MR) is 148 cm³/mol. The van der Waals surface area contributed by atoms with Crippen LogP contribution in [0, 0.1) is 6.92 Å². The fraction of sp³-hybridized carbons (Fsp3) is 0.276. The molecule has 0 bridgehead atoms. The van der Waals surface area contributed by atoms with Crippen molar-refractivity contribution in [3.8, 4) is 17.2 Å². The van der Waals surface area contributed by atoms with Crippen LogP contribution in [-0.2, 0) is 11.4 Å². The number of ether oxygens (including phenoxy) is 2. The van der Waals surface area contributed by atoms with Crippen LogP contribution >= 0.6 is 11.8 Å². The molecule has 1 atom stereocenters. The molecular formula is C29H32N4O3S. The Morgan fingerprint density at radius 1 is 0.973 bits per heavy atom. The van der Waals surface area contributed by atoms with Gasteiger partial charge in [0, 0.05) is 11.4 Å². The number of hydrogen-bond acceptors (Lipinski definition) is 6. The van der Waals surface area contributed by atoms with E-state index in [2.05, 4.69) is 41.5 Å². The van der Waals surface area contributed by atoms with E-state index in [1.165, 1.54) is 17.3 Å². The minimum atomic E-state index is -0.108. The molecule has 0 aliphatic carbocycles. The van der Waals surface area contributed by atoms with Crippen LogP contribution < -0.4 is 14.8 Å². The van der Waals surface area contributed by atoms with Crippen LogP contribution in [0.5, 0.6) is 11.5 Å². The van der Waals surface area contributed by atoms with Gasteiger partial charge < -0.3 is 14.8 Å².